The van der Waals surface area contributed by atoms with Crippen LogP contribution in [-0.2, 0) is 0 Å². The Hall–Kier alpha value is -4.53. The Morgan fingerprint density at radius 2 is 1.28 bits per heavy atom. The van der Waals surface area contributed by atoms with Crippen molar-refractivity contribution in [1.82, 2.24) is 10.6 Å². The summed E-state index contributed by atoms with van der Waals surface area (Å²) in [5, 5.41) is 4.92. The molecule has 0 saturated heterocycles. The Morgan fingerprint density at radius 3 is 1.78 bits per heavy atom. The van der Waals surface area contributed by atoms with E-state index in [0.29, 0.717) is 0 Å². The van der Waals surface area contributed by atoms with Crippen molar-refractivity contribution in [3.63, 3.8) is 0 Å². The summed E-state index contributed by atoms with van der Waals surface area (Å²) in [4.78, 5) is 63.6. The Balaban J connectivity index is 2.93. The second-order valence-electron chi connectivity index (χ2n) is 6.52. The van der Waals surface area contributed by atoms with E-state index in [4.69, 9.17) is 11.5 Å². The molecule has 4 amide bonds. The Kier molecular flexibility index (Phi) is 7.78. The number of hydrogen-bond donors (Lipinski definition) is 4. The predicted molar refractivity (Wildman–Crippen MR) is 118 cm³/mol. The zero-order chi connectivity index (χ0) is 23.8. The van der Waals surface area contributed by atoms with Gasteiger partial charge in [0, 0.05) is 24.2 Å². The van der Waals surface area contributed by atoms with Gasteiger partial charge in [0.25, 0.3) is 11.8 Å². The molecule has 2 aromatic rings. The summed E-state index contributed by atoms with van der Waals surface area (Å²) in [6.45, 7) is 7.02. The second kappa shape index (κ2) is 10.5. The summed E-state index contributed by atoms with van der Waals surface area (Å²) in [5.74, 6) is -4.70. The van der Waals surface area contributed by atoms with Crippen molar-refractivity contribution in [3.8, 4) is 0 Å². The van der Waals surface area contributed by atoms with Gasteiger partial charge in [-0.25, -0.2) is 0 Å². The van der Waals surface area contributed by atoms with Crippen LogP contribution in [0.1, 0.15) is 57.4 Å². The predicted octanol–water partition coefficient (Wildman–Crippen LogP) is 0.947. The summed E-state index contributed by atoms with van der Waals surface area (Å²) < 4.78 is 0. The molecule has 0 bridgehead atoms. The van der Waals surface area contributed by atoms with E-state index < -0.39 is 46.1 Å². The molecule has 0 heterocycles. The highest BCUT2D eigenvalue weighted by Gasteiger charge is 2.32. The number of amides is 4. The van der Waals surface area contributed by atoms with E-state index in [9.17, 15) is 24.0 Å². The van der Waals surface area contributed by atoms with E-state index in [1.54, 1.807) is 18.2 Å². The number of carbonyl (C=O) groups is 5. The molecule has 0 fully saturated rings. The average molecular weight is 434 g/mol. The van der Waals surface area contributed by atoms with E-state index in [-0.39, 0.29) is 29.8 Å². The zero-order valence-electron chi connectivity index (χ0n) is 17.1. The molecule has 0 unspecified atom stereocenters. The summed E-state index contributed by atoms with van der Waals surface area (Å²) >= 11 is 0. The molecule has 0 aliphatic rings. The SMILES string of the molecule is C=CCNC(=O)c1cc(C(=O)c2ccccc2)c(C(N)=O)c(C(N)=O)c1C(=O)NCC=C. The normalized spacial score (nSPS) is 10.0. The highest BCUT2D eigenvalue weighted by molar-refractivity contribution is 6.24. The molecule has 0 atom stereocenters. The number of benzene rings is 2. The number of carbonyl (C=O) groups excluding carboxylic acids is 5. The lowest BCUT2D eigenvalue weighted by Crippen LogP contribution is -2.35. The van der Waals surface area contributed by atoms with Crippen LogP contribution in [0.25, 0.3) is 0 Å². The van der Waals surface area contributed by atoms with Crippen LogP contribution in [-0.4, -0.2) is 42.5 Å². The van der Waals surface area contributed by atoms with Crippen molar-refractivity contribution in [1.29, 1.82) is 0 Å². The summed E-state index contributed by atoms with van der Waals surface area (Å²) in [6, 6.07) is 8.91. The number of nitrogens with two attached hydrogens (primary N) is 2. The monoisotopic (exact) mass is 434 g/mol. The van der Waals surface area contributed by atoms with Crippen LogP contribution in [0.5, 0.6) is 0 Å². The number of hydrogen-bond acceptors (Lipinski definition) is 5. The first-order chi connectivity index (χ1) is 15.2. The molecule has 0 aromatic heterocycles. The third kappa shape index (κ3) is 4.96. The standard InChI is InChI=1S/C23H22N4O5/c1-3-10-26-22(31)15-12-14(19(28)13-8-6-5-7-9-13)16(20(24)29)18(21(25)30)17(15)23(32)27-11-4-2/h3-9,12H,1-2,10-11H2,(H2,24,29)(H2,25,30)(H,26,31)(H,27,32). The molecule has 32 heavy (non-hydrogen) atoms. The number of primary amides is 2. The number of ketones is 1. The lowest BCUT2D eigenvalue weighted by Gasteiger charge is -2.18. The van der Waals surface area contributed by atoms with Gasteiger partial charge in [-0.1, -0.05) is 42.5 Å². The molecular formula is C23H22N4O5. The number of rotatable bonds is 10. The van der Waals surface area contributed by atoms with Crippen LogP contribution < -0.4 is 22.1 Å². The molecule has 9 heteroatoms. The maximum absolute atomic E-state index is 13.2. The molecule has 0 spiro atoms. The quantitative estimate of drug-likeness (QED) is 0.323. The van der Waals surface area contributed by atoms with Crippen LogP contribution in [0.2, 0.25) is 0 Å². The molecule has 2 aromatic carbocycles. The largest absolute Gasteiger partial charge is 0.366 e. The Bertz CT molecular complexity index is 1120. The molecule has 9 nitrogen and oxygen atoms in total. The third-order valence-corrected chi connectivity index (χ3v) is 4.39. The van der Waals surface area contributed by atoms with Gasteiger partial charge in [0.15, 0.2) is 5.78 Å². The van der Waals surface area contributed by atoms with E-state index in [0.717, 1.165) is 6.07 Å². The molecule has 164 valence electrons. The molecule has 0 aliphatic carbocycles. The van der Waals surface area contributed by atoms with Crippen LogP contribution >= 0.6 is 0 Å². The fourth-order valence-electron chi connectivity index (χ4n) is 3.04. The van der Waals surface area contributed by atoms with Gasteiger partial charge >= 0.3 is 0 Å². The van der Waals surface area contributed by atoms with Crippen molar-refractivity contribution in [2.75, 3.05) is 13.1 Å². The second-order valence-corrected chi connectivity index (χ2v) is 6.52. The fraction of sp³-hybridized carbons (Fsp3) is 0.0870. The maximum Gasteiger partial charge on any atom is 0.253 e. The van der Waals surface area contributed by atoms with Gasteiger partial charge in [0.1, 0.15) is 0 Å². The van der Waals surface area contributed by atoms with Crippen LogP contribution in [0.3, 0.4) is 0 Å². The number of nitrogens with one attached hydrogen (secondary N) is 2. The smallest absolute Gasteiger partial charge is 0.253 e. The van der Waals surface area contributed by atoms with Gasteiger partial charge in [0.2, 0.25) is 11.8 Å². The highest BCUT2D eigenvalue weighted by Crippen LogP contribution is 2.26. The van der Waals surface area contributed by atoms with Crippen molar-refractivity contribution < 1.29 is 24.0 Å². The topological polar surface area (TPSA) is 161 Å². The molecule has 0 aliphatic heterocycles. The maximum atomic E-state index is 13.2. The van der Waals surface area contributed by atoms with Crippen molar-refractivity contribution >= 4 is 29.4 Å². The van der Waals surface area contributed by atoms with E-state index in [1.807, 2.05) is 0 Å². The first-order valence-electron chi connectivity index (χ1n) is 9.43. The van der Waals surface area contributed by atoms with Gasteiger partial charge in [-0.15, -0.1) is 13.2 Å². The molecular weight excluding hydrogens is 412 g/mol. The molecule has 2 rings (SSSR count). The first kappa shape index (κ1) is 23.7. The van der Waals surface area contributed by atoms with Gasteiger partial charge in [-0.2, -0.15) is 0 Å². The average Bonchev–Trinajstić information content (AvgIpc) is 2.79. The van der Waals surface area contributed by atoms with Gasteiger partial charge in [-0.3, -0.25) is 24.0 Å². The van der Waals surface area contributed by atoms with Crippen LogP contribution in [0, 0.1) is 0 Å². The van der Waals surface area contributed by atoms with E-state index >= 15 is 0 Å². The van der Waals surface area contributed by atoms with Gasteiger partial charge < -0.3 is 22.1 Å². The van der Waals surface area contributed by atoms with Crippen molar-refractivity contribution in [2.24, 2.45) is 11.5 Å². The Labute approximate surface area is 184 Å². The van der Waals surface area contributed by atoms with Crippen molar-refractivity contribution in [2.45, 2.75) is 0 Å². The fourth-order valence-corrected chi connectivity index (χ4v) is 3.04. The lowest BCUT2D eigenvalue weighted by molar-refractivity contribution is 0.0912. The summed E-state index contributed by atoms with van der Waals surface area (Å²) in [5.41, 5.74) is 8.85. The molecule has 6 N–H and O–H groups in total. The third-order valence-electron chi connectivity index (χ3n) is 4.39. The van der Waals surface area contributed by atoms with Gasteiger partial charge in [0.05, 0.1) is 22.3 Å². The minimum Gasteiger partial charge on any atom is -0.366 e. The Morgan fingerprint density at radius 1 is 0.750 bits per heavy atom. The molecule has 0 radical (unpaired) electrons. The highest BCUT2D eigenvalue weighted by atomic mass is 16.2. The van der Waals surface area contributed by atoms with Crippen LogP contribution in [0.15, 0.2) is 61.7 Å². The summed E-state index contributed by atoms with van der Waals surface area (Å²) in [7, 11) is 0. The van der Waals surface area contributed by atoms with E-state index in [2.05, 4.69) is 23.8 Å². The van der Waals surface area contributed by atoms with E-state index in [1.165, 1.54) is 24.3 Å². The molecule has 0 saturated carbocycles. The first-order valence-corrected chi connectivity index (χ1v) is 9.43. The summed E-state index contributed by atoms with van der Waals surface area (Å²) in [6.07, 6.45) is 2.78. The lowest BCUT2D eigenvalue weighted by atomic mass is 9.86. The van der Waals surface area contributed by atoms with Crippen LogP contribution in [0.4, 0.5) is 0 Å². The minimum absolute atomic E-state index is 0.00134. The van der Waals surface area contributed by atoms with Gasteiger partial charge in [-0.05, 0) is 6.07 Å². The zero-order valence-corrected chi connectivity index (χ0v) is 17.1. The van der Waals surface area contributed by atoms with Crippen molar-refractivity contribution in [3.05, 3.63) is 95.1 Å². The minimum atomic E-state index is -1.21.